The van der Waals surface area contributed by atoms with Crippen LogP contribution in [0.3, 0.4) is 0 Å². The molecule has 0 atom stereocenters. The highest BCUT2D eigenvalue weighted by Gasteiger charge is 2.21. The Morgan fingerprint density at radius 2 is 1.53 bits per heavy atom. The van der Waals surface area contributed by atoms with E-state index in [0.717, 1.165) is 18.6 Å². The van der Waals surface area contributed by atoms with Gasteiger partial charge in [-0.05, 0) is 72.6 Å². The quantitative estimate of drug-likeness (QED) is 0.412. The molecule has 0 aliphatic heterocycles. The monoisotopic (exact) mass is 482 g/mol. The van der Waals surface area contributed by atoms with Crippen molar-refractivity contribution in [2.24, 2.45) is 0 Å². The van der Waals surface area contributed by atoms with E-state index in [-0.39, 0.29) is 10.8 Å². The summed E-state index contributed by atoms with van der Waals surface area (Å²) in [6.07, 6.45) is 2.14. The van der Waals surface area contributed by atoms with Gasteiger partial charge in [0.1, 0.15) is 18.1 Å². The van der Waals surface area contributed by atoms with E-state index in [1.54, 1.807) is 36.4 Å². The zero-order valence-corrected chi connectivity index (χ0v) is 20.5. The summed E-state index contributed by atoms with van der Waals surface area (Å²) in [6, 6.07) is 20.5. The number of methoxy groups -OCH3 is 1. The molecule has 0 aromatic heterocycles. The number of benzene rings is 3. The van der Waals surface area contributed by atoms with Gasteiger partial charge in [-0.15, -0.1) is 0 Å². The summed E-state index contributed by atoms with van der Waals surface area (Å²) < 4.78 is 37.7. The minimum atomic E-state index is -3.74. The fourth-order valence-corrected chi connectivity index (χ4v) is 4.54. The van der Waals surface area contributed by atoms with E-state index in [4.69, 9.17) is 9.47 Å². The number of nitrogens with zero attached hydrogens (tertiary/aromatic N) is 1. The number of carbonyl (C=O) groups excluding carboxylic acids is 1. The lowest BCUT2D eigenvalue weighted by Crippen LogP contribution is -2.28. The highest BCUT2D eigenvalue weighted by atomic mass is 32.2. The second-order valence-electron chi connectivity index (χ2n) is 7.69. The minimum Gasteiger partial charge on any atom is -0.497 e. The van der Waals surface area contributed by atoms with E-state index in [9.17, 15) is 13.2 Å². The molecule has 0 bridgehead atoms. The van der Waals surface area contributed by atoms with Crippen LogP contribution in [0.15, 0.2) is 77.7 Å². The lowest BCUT2D eigenvalue weighted by molar-refractivity contribution is 0.0947. The van der Waals surface area contributed by atoms with Crippen LogP contribution >= 0.6 is 0 Å². The molecule has 0 aliphatic rings. The fourth-order valence-electron chi connectivity index (χ4n) is 3.34. The Morgan fingerprint density at radius 3 is 2.12 bits per heavy atom. The average Bonchev–Trinajstić information content (AvgIpc) is 2.87. The van der Waals surface area contributed by atoms with Crippen LogP contribution in [0.25, 0.3) is 0 Å². The molecular weight excluding hydrogens is 452 g/mol. The van der Waals surface area contributed by atoms with E-state index in [1.165, 1.54) is 36.2 Å². The average molecular weight is 483 g/mol. The maximum Gasteiger partial charge on any atom is 0.264 e. The van der Waals surface area contributed by atoms with Crippen molar-refractivity contribution in [1.82, 2.24) is 5.32 Å². The first-order valence-electron chi connectivity index (χ1n) is 11.1. The van der Waals surface area contributed by atoms with Crippen LogP contribution in [0.1, 0.15) is 29.3 Å². The van der Waals surface area contributed by atoms with Crippen LogP contribution in [-0.4, -0.2) is 41.6 Å². The van der Waals surface area contributed by atoms with Crippen LogP contribution in [0.4, 0.5) is 5.69 Å². The van der Waals surface area contributed by atoms with Gasteiger partial charge in [-0.2, -0.15) is 0 Å². The zero-order valence-electron chi connectivity index (χ0n) is 19.7. The highest BCUT2D eigenvalue weighted by molar-refractivity contribution is 7.92. The molecule has 1 N–H and O–H groups in total. The standard InChI is InChI=1S/C26H30N2O5S/c1-4-5-20-6-12-24(13-7-20)33-19-18-27-26(29)21-8-10-22(11-9-21)28(2)34(30,31)25-16-14-23(32-3)15-17-25/h6-17H,4-5,18-19H2,1-3H3,(H,27,29). The summed E-state index contributed by atoms with van der Waals surface area (Å²) in [4.78, 5) is 12.6. The minimum absolute atomic E-state index is 0.151. The normalized spacial score (nSPS) is 11.0. The van der Waals surface area contributed by atoms with Gasteiger partial charge in [0, 0.05) is 12.6 Å². The summed E-state index contributed by atoms with van der Waals surface area (Å²) in [5.74, 6) is 1.08. The molecule has 3 rings (SSSR count). The molecule has 180 valence electrons. The molecule has 3 aromatic rings. The highest BCUT2D eigenvalue weighted by Crippen LogP contribution is 2.24. The first-order valence-corrected chi connectivity index (χ1v) is 12.5. The van der Waals surface area contributed by atoms with E-state index in [0.29, 0.717) is 30.2 Å². The number of hydrogen-bond acceptors (Lipinski definition) is 5. The number of hydrogen-bond donors (Lipinski definition) is 1. The van der Waals surface area contributed by atoms with Gasteiger partial charge in [0.2, 0.25) is 0 Å². The Balaban J connectivity index is 1.53. The summed E-state index contributed by atoms with van der Waals surface area (Å²) >= 11 is 0. The number of nitrogens with one attached hydrogen (secondary N) is 1. The van der Waals surface area contributed by atoms with Gasteiger partial charge in [0.15, 0.2) is 0 Å². The Hall–Kier alpha value is -3.52. The van der Waals surface area contributed by atoms with Crippen molar-refractivity contribution in [3.8, 4) is 11.5 Å². The summed E-state index contributed by atoms with van der Waals surface area (Å²) in [5.41, 5.74) is 2.15. The van der Waals surface area contributed by atoms with Crippen LogP contribution < -0.4 is 19.1 Å². The Kier molecular flexibility index (Phi) is 8.54. The maximum atomic E-state index is 12.9. The number of amides is 1. The van der Waals surface area contributed by atoms with Crippen LogP contribution in [0.2, 0.25) is 0 Å². The smallest absolute Gasteiger partial charge is 0.264 e. The molecule has 34 heavy (non-hydrogen) atoms. The van der Waals surface area contributed by atoms with Gasteiger partial charge in [-0.25, -0.2) is 8.42 Å². The number of aryl methyl sites for hydroxylation is 1. The molecule has 0 saturated heterocycles. The Bertz CT molecular complexity index is 1180. The van der Waals surface area contributed by atoms with Crippen molar-refractivity contribution in [2.45, 2.75) is 24.7 Å². The summed E-state index contributed by atoms with van der Waals surface area (Å²) in [6.45, 7) is 2.84. The molecule has 0 saturated carbocycles. The van der Waals surface area contributed by atoms with Gasteiger partial charge < -0.3 is 14.8 Å². The Morgan fingerprint density at radius 1 is 0.912 bits per heavy atom. The largest absolute Gasteiger partial charge is 0.497 e. The summed E-state index contributed by atoms with van der Waals surface area (Å²) in [5, 5.41) is 2.81. The Labute approximate surface area is 201 Å². The number of anilines is 1. The van der Waals surface area contributed by atoms with E-state index >= 15 is 0 Å². The van der Waals surface area contributed by atoms with Crippen molar-refractivity contribution in [3.63, 3.8) is 0 Å². The van der Waals surface area contributed by atoms with Crippen molar-refractivity contribution in [1.29, 1.82) is 0 Å². The van der Waals surface area contributed by atoms with E-state index in [1.807, 2.05) is 24.3 Å². The fraction of sp³-hybridized carbons (Fsp3) is 0.269. The molecule has 0 heterocycles. The van der Waals surface area contributed by atoms with Crippen molar-refractivity contribution < 1.29 is 22.7 Å². The third kappa shape index (κ3) is 6.29. The molecule has 0 fully saturated rings. The van der Waals surface area contributed by atoms with Crippen molar-refractivity contribution in [2.75, 3.05) is 31.6 Å². The zero-order chi connectivity index (χ0) is 24.6. The van der Waals surface area contributed by atoms with Crippen molar-refractivity contribution in [3.05, 3.63) is 83.9 Å². The van der Waals surface area contributed by atoms with Gasteiger partial charge in [-0.1, -0.05) is 25.5 Å². The first kappa shape index (κ1) is 25.1. The number of sulfonamides is 1. The molecule has 0 unspecified atom stereocenters. The summed E-state index contributed by atoms with van der Waals surface area (Å²) in [7, 11) is -0.746. The topological polar surface area (TPSA) is 84.9 Å². The lowest BCUT2D eigenvalue weighted by Gasteiger charge is -2.20. The van der Waals surface area contributed by atoms with Crippen LogP contribution in [0.5, 0.6) is 11.5 Å². The third-order valence-corrected chi connectivity index (χ3v) is 7.13. The molecule has 3 aromatic carbocycles. The number of carbonyl (C=O) groups is 1. The molecule has 7 nitrogen and oxygen atoms in total. The van der Waals surface area contributed by atoms with Gasteiger partial charge in [0.25, 0.3) is 15.9 Å². The third-order valence-electron chi connectivity index (χ3n) is 5.33. The molecule has 0 aliphatic carbocycles. The number of ether oxygens (including phenoxy) is 2. The molecule has 0 radical (unpaired) electrons. The van der Waals surface area contributed by atoms with Gasteiger partial charge in [0.05, 0.1) is 24.2 Å². The molecular formula is C26H30N2O5S. The van der Waals surface area contributed by atoms with Gasteiger partial charge in [-0.3, -0.25) is 9.10 Å². The van der Waals surface area contributed by atoms with Gasteiger partial charge >= 0.3 is 0 Å². The van der Waals surface area contributed by atoms with E-state index < -0.39 is 10.0 Å². The SMILES string of the molecule is CCCc1ccc(OCCNC(=O)c2ccc(N(C)S(=O)(=O)c3ccc(OC)cc3)cc2)cc1. The maximum absolute atomic E-state index is 12.9. The molecule has 1 amide bonds. The predicted octanol–water partition coefficient (Wildman–Crippen LogP) is 4.28. The number of rotatable bonds is 11. The second kappa shape index (κ2) is 11.6. The molecule has 0 spiro atoms. The predicted molar refractivity (Wildman–Crippen MR) is 133 cm³/mol. The molecule has 8 heteroatoms. The second-order valence-corrected chi connectivity index (χ2v) is 9.66. The first-order chi connectivity index (χ1) is 16.3. The lowest BCUT2D eigenvalue weighted by atomic mass is 10.1. The van der Waals surface area contributed by atoms with Crippen LogP contribution in [0, 0.1) is 0 Å². The van der Waals surface area contributed by atoms with Crippen molar-refractivity contribution >= 4 is 21.6 Å². The van der Waals surface area contributed by atoms with E-state index in [2.05, 4.69) is 12.2 Å². The van der Waals surface area contributed by atoms with Crippen LogP contribution in [-0.2, 0) is 16.4 Å².